The Morgan fingerprint density at radius 3 is 2.42 bits per heavy atom. The van der Waals surface area contributed by atoms with Gasteiger partial charge in [0.05, 0.1) is 16.6 Å². The van der Waals surface area contributed by atoms with E-state index in [0.29, 0.717) is 35.7 Å². The third-order valence-corrected chi connectivity index (χ3v) is 7.13. The Labute approximate surface area is 186 Å². The summed E-state index contributed by atoms with van der Waals surface area (Å²) in [6, 6.07) is 3.78. The number of halogens is 3. The maximum Gasteiger partial charge on any atom is 0.416 e. The third-order valence-electron chi connectivity index (χ3n) is 6.28. The van der Waals surface area contributed by atoms with E-state index in [1.165, 1.54) is 23.9 Å². The van der Waals surface area contributed by atoms with E-state index in [1.54, 1.807) is 12.0 Å². The molecule has 0 aromatic heterocycles. The normalized spacial score (nSPS) is 22.7. The topological polar surface area (TPSA) is 32.8 Å². The number of methoxy groups -OCH3 is 1. The number of thioether (sulfide) groups is 1. The van der Waals surface area contributed by atoms with E-state index >= 15 is 0 Å². The first-order valence-corrected chi connectivity index (χ1v) is 11.8. The summed E-state index contributed by atoms with van der Waals surface area (Å²) in [7, 11) is 5.55. The summed E-state index contributed by atoms with van der Waals surface area (Å²) in [5, 5.41) is 0. The first-order chi connectivity index (χ1) is 14.7. The highest BCUT2D eigenvalue weighted by Crippen LogP contribution is 2.42. The highest BCUT2D eigenvalue weighted by molar-refractivity contribution is 8.03. The molecule has 0 bridgehead atoms. The van der Waals surface area contributed by atoms with E-state index in [0.717, 1.165) is 37.3 Å². The molecular weight excluding hydrogens is 425 g/mol. The molecule has 0 atom stereocenters. The predicted molar refractivity (Wildman–Crippen MR) is 119 cm³/mol. The van der Waals surface area contributed by atoms with Gasteiger partial charge in [0.1, 0.15) is 0 Å². The SMILES string of the molecule is CO[C@H]1CC[C@@H](C2=C(SC)C(=O)N(CCN(C)C)c3ccc(C(F)(F)F)cc3C2)CC1. The minimum atomic E-state index is -4.41. The standard InChI is InChI=1S/C23H31F3N2O2S/c1-27(2)11-12-28-20-10-7-17(23(24,25)26)13-16(20)14-19(21(31-4)22(28)29)15-5-8-18(30-3)9-6-15/h7,10,13,15,18H,5-6,8-9,11-12,14H2,1-4H3/t15-,18+. The maximum absolute atomic E-state index is 13.6. The summed E-state index contributed by atoms with van der Waals surface area (Å²) in [6.45, 7) is 1.06. The summed E-state index contributed by atoms with van der Waals surface area (Å²) in [6.07, 6.45) is 1.64. The summed E-state index contributed by atoms with van der Waals surface area (Å²) >= 11 is 1.42. The number of alkyl halides is 3. The van der Waals surface area contributed by atoms with E-state index in [-0.39, 0.29) is 17.9 Å². The van der Waals surface area contributed by atoms with Crippen LogP contribution in [-0.2, 0) is 22.1 Å². The lowest BCUT2D eigenvalue weighted by Crippen LogP contribution is -2.37. The number of benzene rings is 1. The Kier molecular flexibility index (Phi) is 7.76. The van der Waals surface area contributed by atoms with Gasteiger partial charge in [0, 0.05) is 25.9 Å². The van der Waals surface area contributed by atoms with Gasteiger partial charge in [-0.25, -0.2) is 0 Å². The molecule has 1 heterocycles. The van der Waals surface area contributed by atoms with E-state index in [9.17, 15) is 18.0 Å². The molecule has 0 spiro atoms. The van der Waals surface area contributed by atoms with Gasteiger partial charge in [-0.05, 0) is 87.7 Å². The zero-order valence-electron chi connectivity index (χ0n) is 18.6. The Balaban J connectivity index is 2.06. The smallest absolute Gasteiger partial charge is 0.381 e. The first-order valence-electron chi connectivity index (χ1n) is 10.6. The largest absolute Gasteiger partial charge is 0.416 e. The number of likely N-dealkylation sites (N-methyl/N-ethyl adjacent to an activating group) is 1. The van der Waals surface area contributed by atoms with Crippen LogP contribution in [0.5, 0.6) is 0 Å². The molecule has 1 aromatic rings. The molecule has 0 saturated heterocycles. The molecule has 2 aliphatic rings. The highest BCUT2D eigenvalue weighted by Gasteiger charge is 2.36. The zero-order chi connectivity index (χ0) is 22.8. The molecule has 3 rings (SSSR count). The number of hydrogen-bond donors (Lipinski definition) is 0. The fraction of sp³-hybridized carbons (Fsp3) is 0.609. The number of ether oxygens (including phenoxy) is 1. The van der Waals surface area contributed by atoms with Gasteiger partial charge in [-0.15, -0.1) is 11.8 Å². The van der Waals surface area contributed by atoms with Crippen LogP contribution in [0.4, 0.5) is 18.9 Å². The van der Waals surface area contributed by atoms with Gasteiger partial charge in [-0.2, -0.15) is 13.2 Å². The highest BCUT2D eigenvalue weighted by atomic mass is 32.2. The van der Waals surface area contributed by atoms with Crippen molar-refractivity contribution >= 4 is 23.4 Å². The monoisotopic (exact) mass is 456 g/mol. The quantitative estimate of drug-likeness (QED) is 0.605. The number of hydrogen-bond acceptors (Lipinski definition) is 4. The van der Waals surface area contributed by atoms with Crippen molar-refractivity contribution in [3.63, 3.8) is 0 Å². The molecular formula is C23H31F3N2O2S. The molecule has 4 nitrogen and oxygen atoms in total. The van der Waals surface area contributed by atoms with Crippen molar-refractivity contribution in [2.45, 2.75) is 44.4 Å². The molecule has 1 amide bonds. The van der Waals surface area contributed by atoms with Gasteiger partial charge >= 0.3 is 6.18 Å². The van der Waals surface area contributed by atoms with Gasteiger partial charge < -0.3 is 14.5 Å². The van der Waals surface area contributed by atoms with Crippen LogP contribution < -0.4 is 4.90 Å². The number of amides is 1. The molecule has 1 fully saturated rings. The van der Waals surface area contributed by atoms with Crippen LogP contribution in [0, 0.1) is 5.92 Å². The zero-order valence-corrected chi connectivity index (χ0v) is 19.4. The van der Waals surface area contributed by atoms with Gasteiger partial charge in [0.2, 0.25) is 0 Å². The summed E-state index contributed by atoms with van der Waals surface area (Å²) in [4.78, 5) is 17.9. The molecule has 1 aliphatic carbocycles. The Bertz CT molecular complexity index is 831. The lowest BCUT2D eigenvalue weighted by atomic mass is 9.80. The van der Waals surface area contributed by atoms with Gasteiger partial charge in [0.15, 0.2) is 0 Å². The summed E-state index contributed by atoms with van der Waals surface area (Å²) in [5.41, 5.74) is 1.49. The van der Waals surface area contributed by atoms with Crippen LogP contribution in [0.15, 0.2) is 28.7 Å². The first kappa shape index (κ1) is 24.1. The lowest BCUT2D eigenvalue weighted by molar-refractivity contribution is -0.137. The van der Waals surface area contributed by atoms with E-state index in [4.69, 9.17) is 4.74 Å². The summed E-state index contributed by atoms with van der Waals surface area (Å²) < 4.78 is 45.8. The van der Waals surface area contributed by atoms with Crippen molar-refractivity contribution in [2.75, 3.05) is 45.5 Å². The number of carbonyl (C=O) groups excluding carboxylic acids is 1. The van der Waals surface area contributed by atoms with Crippen LogP contribution in [-0.4, -0.2) is 57.5 Å². The average molecular weight is 457 g/mol. The van der Waals surface area contributed by atoms with Crippen LogP contribution >= 0.6 is 11.8 Å². The number of anilines is 1. The Hall–Kier alpha value is -1.51. The van der Waals surface area contributed by atoms with Crippen molar-refractivity contribution in [3.8, 4) is 0 Å². The molecule has 0 unspecified atom stereocenters. The Morgan fingerprint density at radius 2 is 1.87 bits per heavy atom. The van der Waals surface area contributed by atoms with Crippen LogP contribution in [0.1, 0.15) is 36.8 Å². The average Bonchev–Trinajstić information content (AvgIpc) is 2.84. The van der Waals surface area contributed by atoms with Crippen molar-refractivity contribution in [2.24, 2.45) is 5.92 Å². The molecule has 1 saturated carbocycles. The number of nitrogens with zero attached hydrogens (tertiary/aromatic N) is 2. The minimum Gasteiger partial charge on any atom is -0.381 e. The van der Waals surface area contributed by atoms with Gasteiger partial charge in [-0.3, -0.25) is 4.79 Å². The molecule has 0 radical (unpaired) electrons. The van der Waals surface area contributed by atoms with Crippen molar-refractivity contribution in [1.82, 2.24) is 4.90 Å². The van der Waals surface area contributed by atoms with Crippen LogP contribution in [0.3, 0.4) is 0 Å². The molecule has 0 N–H and O–H groups in total. The lowest BCUT2D eigenvalue weighted by Gasteiger charge is -2.30. The molecule has 31 heavy (non-hydrogen) atoms. The molecule has 1 aliphatic heterocycles. The maximum atomic E-state index is 13.6. The van der Waals surface area contributed by atoms with Crippen molar-refractivity contribution in [1.29, 1.82) is 0 Å². The predicted octanol–water partition coefficient (Wildman–Crippen LogP) is 4.98. The van der Waals surface area contributed by atoms with Crippen LogP contribution in [0.2, 0.25) is 0 Å². The number of rotatable bonds is 6. The molecule has 8 heteroatoms. The second kappa shape index (κ2) is 9.96. The molecule has 172 valence electrons. The number of fused-ring (bicyclic) bond motifs is 1. The van der Waals surface area contributed by atoms with E-state index in [1.807, 2.05) is 25.3 Å². The van der Waals surface area contributed by atoms with Crippen molar-refractivity contribution < 1.29 is 22.7 Å². The Morgan fingerprint density at radius 1 is 1.19 bits per heavy atom. The van der Waals surface area contributed by atoms with E-state index in [2.05, 4.69) is 0 Å². The molecule has 1 aromatic carbocycles. The third kappa shape index (κ3) is 5.46. The second-order valence-electron chi connectivity index (χ2n) is 8.55. The van der Waals surface area contributed by atoms with Crippen LogP contribution in [0.25, 0.3) is 0 Å². The van der Waals surface area contributed by atoms with Gasteiger partial charge in [0.25, 0.3) is 5.91 Å². The van der Waals surface area contributed by atoms with Gasteiger partial charge in [-0.1, -0.05) is 0 Å². The van der Waals surface area contributed by atoms with E-state index < -0.39 is 11.7 Å². The number of carbonyl (C=O) groups is 1. The minimum absolute atomic E-state index is 0.100. The summed E-state index contributed by atoms with van der Waals surface area (Å²) in [5.74, 6) is 0.0886. The fourth-order valence-electron chi connectivity index (χ4n) is 4.54. The number of allylic oxidation sites excluding steroid dienone is 1. The second-order valence-corrected chi connectivity index (χ2v) is 9.36. The fourth-order valence-corrected chi connectivity index (χ4v) is 5.32. The van der Waals surface area contributed by atoms with Crippen molar-refractivity contribution in [3.05, 3.63) is 39.8 Å².